The molecule has 7 nitrogen and oxygen atoms in total. The molecule has 2 fully saturated rings. The molecule has 0 atom stereocenters. The van der Waals surface area contributed by atoms with Gasteiger partial charge in [0.25, 0.3) is 0 Å². The predicted octanol–water partition coefficient (Wildman–Crippen LogP) is 2.79. The van der Waals surface area contributed by atoms with Crippen molar-refractivity contribution < 1.29 is 14.0 Å². The monoisotopic (exact) mass is 418 g/mol. The van der Waals surface area contributed by atoms with Crippen LogP contribution in [-0.2, 0) is 9.59 Å². The number of hydrogen-bond donors (Lipinski definition) is 1. The molecule has 4 rings (SSSR count). The number of aromatic nitrogens is 1. The maximum absolute atomic E-state index is 12.4. The topological polar surface area (TPSA) is 78.7 Å². The number of amides is 2. The van der Waals surface area contributed by atoms with Crippen LogP contribution in [0.1, 0.15) is 44.4 Å². The summed E-state index contributed by atoms with van der Waals surface area (Å²) >= 11 is 6.03. The number of hydrogen-bond acceptors (Lipinski definition) is 5. The van der Waals surface area contributed by atoms with Crippen molar-refractivity contribution in [2.45, 2.75) is 44.6 Å². The van der Waals surface area contributed by atoms with Gasteiger partial charge in [0.2, 0.25) is 11.8 Å². The van der Waals surface area contributed by atoms with Crippen molar-refractivity contribution in [3.63, 3.8) is 0 Å². The van der Waals surface area contributed by atoms with Crippen molar-refractivity contribution in [1.82, 2.24) is 20.1 Å². The lowest BCUT2D eigenvalue weighted by atomic mass is 9.97. The lowest BCUT2D eigenvalue weighted by molar-refractivity contribution is -0.130. The first-order chi connectivity index (χ1) is 14.0. The molecule has 0 unspecified atom stereocenters. The van der Waals surface area contributed by atoms with Gasteiger partial charge in [0.1, 0.15) is 5.52 Å². The van der Waals surface area contributed by atoms with E-state index in [0.717, 1.165) is 68.9 Å². The van der Waals surface area contributed by atoms with Gasteiger partial charge in [-0.3, -0.25) is 14.5 Å². The Balaban J connectivity index is 1.23. The molecule has 2 amide bonds. The van der Waals surface area contributed by atoms with Gasteiger partial charge in [0, 0.05) is 37.0 Å². The number of rotatable bonds is 4. The molecule has 0 spiro atoms. The molecule has 2 aliphatic rings. The van der Waals surface area contributed by atoms with Gasteiger partial charge >= 0.3 is 0 Å². The van der Waals surface area contributed by atoms with Crippen LogP contribution in [0.2, 0.25) is 5.02 Å². The molecule has 0 saturated carbocycles. The number of benzene rings is 1. The van der Waals surface area contributed by atoms with Crippen molar-refractivity contribution in [2.24, 2.45) is 0 Å². The smallest absolute Gasteiger partial charge is 0.234 e. The Hall–Kier alpha value is -2.12. The summed E-state index contributed by atoms with van der Waals surface area (Å²) < 4.78 is 5.91. The highest BCUT2D eigenvalue weighted by molar-refractivity contribution is 6.31. The fourth-order valence-electron chi connectivity index (χ4n) is 4.25. The third-order valence-corrected chi connectivity index (χ3v) is 6.21. The van der Waals surface area contributed by atoms with Crippen LogP contribution in [0.5, 0.6) is 0 Å². The molecule has 3 heterocycles. The Morgan fingerprint density at radius 1 is 1.17 bits per heavy atom. The van der Waals surface area contributed by atoms with Crippen molar-refractivity contribution in [2.75, 3.05) is 32.7 Å². The van der Waals surface area contributed by atoms with E-state index in [1.54, 1.807) is 6.92 Å². The minimum Gasteiger partial charge on any atom is -0.440 e. The Kier molecular flexibility index (Phi) is 6.06. The first kappa shape index (κ1) is 20.2. The molecular formula is C21H27ClN4O3. The number of oxazole rings is 1. The average molecular weight is 419 g/mol. The number of nitrogens with zero attached hydrogens (tertiary/aromatic N) is 3. The molecule has 1 aromatic carbocycles. The summed E-state index contributed by atoms with van der Waals surface area (Å²) in [6, 6.07) is 5.66. The lowest BCUT2D eigenvalue weighted by Gasteiger charge is -2.33. The Morgan fingerprint density at radius 3 is 2.59 bits per heavy atom. The number of piperidine rings is 2. The maximum Gasteiger partial charge on any atom is 0.234 e. The largest absolute Gasteiger partial charge is 0.440 e. The van der Waals surface area contributed by atoms with E-state index in [1.807, 2.05) is 23.1 Å². The van der Waals surface area contributed by atoms with Crippen LogP contribution >= 0.6 is 11.6 Å². The maximum atomic E-state index is 12.4. The van der Waals surface area contributed by atoms with Gasteiger partial charge in [-0.05, 0) is 57.0 Å². The molecule has 1 aromatic heterocycles. The van der Waals surface area contributed by atoms with E-state index in [-0.39, 0.29) is 23.8 Å². The zero-order valence-electron chi connectivity index (χ0n) is 16.7. The van der Waals surface area contributed by atoms with Crippen LogP contribution in [0.15, 0.2) is 22.6 Å². The third kappa shape index (κ3) is 4.90. The summed E-state index contributed by atoms with van der Waals surface area (Å²) in [6.45, 7) is 5.16. The van der Waals surface area contributed by atoms with Gasteiger partial charge in [0.15, 0.2) is 11.5 Å². The molecule has 0 radical (unpaired) electrons. The molecule has 0 aliphatic carbocycles. The summed E-state index contributed by atoms with van der Waals surface area (Å²) in [6.07, 6.45) is 3.50. The van der Waals surface area contributed by atoms with Crippen molar-refractivity contribution >= 4 is 34.5 Å². The third-order valence-electron chi connectivity index (χ3n) is 5.98. The van der Waals surface area contributed by atoms with E-state index in [4.69, 9.17) is 16.0 Å². The fraction of sp³-hybridized carbons (Fsp3) is 0.571. The highest BCUT2D eigenvalue weighted by Crippen LogP contribution is 2.30. The first-order valence-electron chi connectivity index (χ1n) is 10.3. The second kappa shape index (κ2) is 8.71. The van der Waals surface area contributed by atoms with Crippen molar-refractivity contribution in [1.29, 1.82) is 0 Å². The van der Waals surface area contributed by atoms with Gasteiger partial charge in [0.05, 0.1) is 6.54 Å². The average Bonchev–Trinajstić information content (AvgIpc) is 3.12. The van der Waals surface area contributed by atoms with E-state index in [9.17, 15) is 9.59 Å². The normalized spacial score (nSPS) is 19.6. The van der Waals surface area contributed by atoms with E-state index >= 15 is 0 Å². The quantitative estimate of drug-likeness (QED) is 0.825. The van der Waals surface area contributed by atoms with Gasteiger partial charge in [-0.25, -0.2) is 4.98 Å². The number of carbonyl (C=O) groups excluding carboxylic acids is 2. The molecule has 2 aliphatic heterocycles. The SMILES string of the molecule is CC(=O)N1CCC(NC(=O)CN2CCC(c3nc4cc(Cl)ccc4o3)CC2)CC1. The lowest BCUT2D eigenvalue weighted by Crippen LogP contribution is -2.49. The molecule has 2 saturated heterocycles. The van der Waals surface area contributed by atoms with E-state index in [0.29, 0.717) is 11.6 Å². The zero-order chi connectivity index (χ0) is 20.4. The van der Waals surface area contributed by atoms with Crippen LogP contribution in [0.25, 0.3) is 11.1 Å². The first-order valence-corrected chi connectivity index (χ1v) is 10.7. The molecular weight excluding hydrogens is 392 g/mol. The predicted molar refractivity (Wildman–Crippen MR) is 111 cm³/mol. The summed E-state index contributed by atoms with van der Waals surface area (Å²) in [5, 5.41) is 3.79. The Morgan fingerprint density at radius 2 is 1.90 bits per heavy atom. The Bertz CT molecular complexity index is 883. The van der Waals surface area contributed by atoms with E-state index in [2.05, 4.69) is 15.2 Å². The highest BCUT2D eigenvalue weighted by atomic mass is 35.5. The minimum absolute atomic E-state index is 0.0706. The van der Waals surface area contributed by atoms with Crippen LogP contribution in [0.3, 0.4) is 0 Å². The van der Waals surface area contributed by atoms with Crippen molar-refractivity contribution in [3.05, 3.63) is 29.1 Å². The second-order valence-electron chi connectivity index (χ2n) is 8.06. The minimum atomic E-state index is 0.0706. The molecule has 0 bridgehead atoms. The van der Waals surface area contributed by atoms with Crippen LogP contribution in [-0.4, -0.2) is 65.4 Å². The molecule has 1 N–H and O–H groups in total. The van der Waals surface area contributed by atoms with E-state index < -0.39 is 0 Å². The van der Waals surface area contributed by atoms with Crippen LogP contribution < -0.4 is 5.32 Å². The second-order valence-corrected chi connectivity index (χ2v) is 8.50. The Labute approximate surface area is 175 Å². The van der Waals surface area contributed by atoms with E-state index in [1.165, 1.54) is 0 Å². The highest BCUT2D eigenvalue weighted by Gasteiger charge is 2.27. The number of likely N-dealkylation sites (tertiary alicyclic amines) is 2. The zero-order valence-corrected chi connectivity index (χ0v) is 17.5. The van der Waals surface area contributed by atoms with Crippen LogP contribution in [0, 0.1) is 0 Å². The molecule has 8 heteroatoms. The number of carbonyl (C=O) groups is 2. The number of nitrogens with one attached hydrogen (secondary N) is 1. The molecule has 29 heavy (non-hydrogen) atoms. The van der Waals surface area contributed by atoms with Crippen molar-refractivity contribution in [3.8, 4) is 0 Å². The summed E-state index contributed by atoms with van der Waals surface area (Å²) in [7, 11) is 0. The molecule has 2 aromatic rings. The number of halogens is 1. The molecule has 156 valence electrons. The summed E-state index contributed by atoms with van der Waals surface area (Å²) in [5.41, 5.74) is 1.56. The standard InChI is InChI=1S/C21H27ClN4O3/c1-14(27)26-10-6-17(7-11-26)23-20(28)13-25-8-4-15(5-9-25)21-24-18-12-16(22)2-3-19(18)29-21/h2-3,12,15,17H,4-11,13H2,1H3,(H,23,28). The van der Waals surface area contributed by atoms with Gasteiger partial charge in [-0.2, -0.15) is 0 Å². The fourth-order valence-corrected chi connectivity index (χ4v) is 4.41. The summed E-state index contributed by atoms with van der Waals surface area (Å²) in [4.78, 5) is 32.5. The van der Waals surface area contributed by atoms with Gasteiger partial charge in [-0.15, -0.1) is 0 Å². The van der Waals surface area contributed by atoms with Gasteiger partial charge < -0.3 is 14.6 Å². The van der Waals surface area contributed by atoms with Gasteiger partial charge in [-0.1, -0.05) is 11.6 Å². The van der Waals surface area contributed by atoms with Crippen LogP contribution in [0.4, 0.5) is 0 Å². The summed E-state index contributed by atoms with van der Waals surface area (Å²) in [5.74, 6) is 1.22. The number of fused-ring (bicyclic) bond motifs is 1.